The first-order chi connectivity index (χ1) is 8.56. The van der Waals surface area contributed by atoms with Gasteiger partial charge in [0.2, 0.25) is 0 Å². The van der Waals surface area contributed by atoms with Crippen molar-refractivity contribution in [2.45, 2.75) is 52.3 Å². The summed E-state index contributed by atoms with van der Waals surface area (Å²) in [6.45, 7) is 7.03. The minimum atomic E-state index is -1.28. The maximum absolute atomic E-state index is 13.8. The van der Waals surface area contributed by atoms with Gasteiger partial charge in [0.25, 0.3) is 0 Å². The number of hydrogen-bond donors (Lipinski definition) is 1. The van der Waals surface area contributed by atoms with Crippen LogP contribution in [-0.4, -0.2) is 46.9 Å². The molecule has 110 valence electrons. The highest BCUT2D eigenvalue weighted by molar-refractivity contribution is 5.70. The molecule has 1 amide bonds. The molecule has 2 atom stereocenters. The van der Waals surface area contributed by atoms with E-state index in [1.807, 2.05) is 0 Å². The molecule has 19 heavy (non-hydrogen) atoms. The van der Waals surface area contributed by atoms with Gasteiger partial charge in [-0.15, -0.1) is 0 Å². The van der Waals surface area contributed by atoms with Gasteiger partial charge in [-0.3, -0.25) is 4.79 Å². The topological polar surface area (TPSA) is 66.8 Å². The average Bonchev–Trinajstić information content (AvgIpc) is 2.59. The zero-order chi connectivity index (χ0) is 14.8. The van der Waals surface area contributed by atoms with E-state index in [2.05, 4.69) is 0 Å². The maximum atomic E-state index is 13.8. The molecular weight excluding hydrogens is 253 g/mol. The summed E-state index contributed by atoms with van der Waals surface area (Å²) < 4.78 is 19.0. The first-order valence-electron chi connectivity index (χ1n) is 6.39. The van der Waals surface area contributed by atoms with Gasteiger partial charge in [0.1, 0.15) is 11.8 Å². The Balaban J connectivity index is 2.74. The van der Waals surface area contributed by atoms with Gasteiger partial charge in [0, 0.05) is 18.5 Å². The van der Waals surface area contributed by atoms with E-state index in [9.17, 15) is 14.0 Å². The van der Waals surface area contributed by atoms with Gasteiger partial charge in [-0.2, -0.15) is 0 Å². The van der Waals surface area contributed by atoms with Crippen LogP contribution in [0.2, 0.25) is 0 Å². The zero-order valence-corrected chi connectivity index (χ0v) is 11.9. The van der Waals surface area contributed by atoms with Crippen LogP contribution in [0, 0.1) is 5.41 Å². The van der Waals surface area contributed by atoms with Crippen LogP contribution in [0.25, 0.3) is 0 Å². The van der Waals surface area contributed by atoms with Crippen LogP contribution in [0.15, 0.2) is 0 Å². The third-order valence-electron chi connectivity index (χ3n) is 3.38. The van der Waals surface area contributed by atoms with Gasteiger partial charge in [-0.25, -0.2) is 9.18 Å². The van der Waals surface area contributed by atoms with Crippen LogP contribution >= 0.6 is 0 Å². The second kappa shape index (κ2) is 5.35. The molecule has 2 unspecified atom stereocenters. The first kappa shape index (κ1) is 15.7. The molecule has 0 aromatic rings. The van der Waals surface area contributed by atoms with Crippen LogP contribution in [0.3, 0.4) is 0 Å². The van der Waals surface area contributed by atoms with Crippen molar-refractivity contribution in [2.24, 2.45) is 5.41 Å². The van der Waals surface area contributed by atoms with Crippen LogP contribution in [0.1, 0.15) is 40.5 Å². The van der Waals surface area contributed by atoms with Crippen molar-refractivity contribution in [3.63, 3.8) is 0 Å². The molecule has 1 aliphatic heterocycles. The van der Waals surface area contributed by atoms with Gasteiger partial charge in [0.05, 0.1) is 6.42 Å². The number of halogens is 1. The van der Waals surface area contributed by atoms with Crippen molar-refractivity contribution in [3.8, 4) is 0 Å². The summed E-state index contributed by atoms with van der Waals surface area (Å²) in [6, 6.07) is 0. The number of amides is 1. The highest BCUT2D eigenvalue weighted by atomic mass is 19.1. The molecule has 1 heterocycles. The normalized spacial score (nSPS) is 25.2. The van der Waals surface area contributed by atoms with E-state index >= 15 is 0 Å². The fraction of sp³-hybridized carbons (Fsp3) is 0.846. The molecule has 0 spiro atoms. The Morgan fingerprint density at radius 2 is 2.05 bits per heavy atom. The van der Waals surface area contributed by atoms with Crippen LogP contribution in [0.4, 0.5) is 9.18 Å². The monoisotopic (exact) mass is 275 g/mol. The third-order valence-corrected chi connectivity index (χ3v) is 3.38. The Morgan fingerprint density at radius 1 is 1.47 bits per heavy atom. The number of alkyl halides is 1. The second-order valence-corrected chi connectivity index (χ2v) is 6.20. The molecule has 0 aromatic carbocycles. The van der Waals surface area contributed by atoms with Crippen molar-refractivity contribution in [1.29, 1.82) is 0 Å². The number of likely N-dealkylation sites (tertiary alicyclic amines) is 1. The number of carboxylic acids is 1. The fourth-order valence-electron chi connectivity index (χ4n) is 2.29. The number of hydrogen-bond acceptors (Lipinski definition) is 3. The average molecular weight is 275 g/mol. The molecule has 0 aliphatic carbocycles. The molecule has 0 bridgehead atoms. The minimum Gasteiger partial charge on any atom is -0.481 e. The summed E-state index contributed by atoms with van der Waals surface area (Å²) in [6.07, 6.45) is -1.73. The van der Waals surface area contributed by atoms with E-state index in [-0.39, 0.29) is 13.0 Å². The molecule has 0 radical (unpaired) electrons. The number of nitrogens with zero attached hydrogens (tertiary/aromatic N) is 1. The zero-order valence-electron chi connectivity index (χ0n) is 11.9. The Kier molecular flexibility index (Phi) is 4.43. The predicted octanol–water partition coefficient (Wildman–Crippen LogP) is 2.45. The number of ether oxygens (including phenoxy) is 1. The largest absolute Gasteiger partial charge is 0.481 e. The molecule has 0 aromatic heterocycles. The summed E-state index contributed by atoms with van der Waals surface area (Å²) in [7, 11) is 0. The number of rotatable bonds is 3. The van der Waals surface area contributed by atoms with E-state index in [0.29, 0.717) is 13.0 Å². The lowest BCUT2D eigenvalue weighted by molar-refractivity contribution is -0.140. The van der Waals surface area contributed by atoms with E-state index in [1.54, 1.807) is 20.8 Å². The highest BCUT2D eigenvalue weighted by Crippen LogP contribution is 2.39. The summed E-state index contributed by atoms with van der Waals surface area (Å²) in [5.74, 6) is -1.05. The highest BCUT2D eigenvalue weighted by Gasteiger charge is 2.46. The first-order valence-corrected chi connectivity index (χ1v) is 6.39. The van der Waals surface area contributed by atoms with Gasteiger partial charge < -0.3 is 14.7 Å². The molecular formula is C13H22FNO4. The van der Waals surface area contributed by atoms with Crippen molar-refractivity contribution in [1.82, 2.24) is 4.90 Å². The SMILES string of the molecule is CC(F)C1(CC(=O)O)CCN(C(=O)OC(C)(C)C)C1. The summed E-state index contributed by atoms with van der Waals surface area (Å²) in [5.41, 5.74) is -1.61. The molecule has 1 saturated heterocycles. The van der Waals surface area contributed by atoms with Crippen LogP contribution in [-0.2, 0) is 9.53 Å². The minimum absolute atomic E-state index is 0.0892. The standard InChI is InChI=1S/C13H22FNO4/c1-9(14)13(7-10(16)17)5-6-15(8-13)11(18)19-12(2,3)4/h9H,5-8H2,1-4H3,(H,16,17). The van der Waals surface area contributed by atoms with Crippen molar-refractivity contribution in [2.75, 3.05) is 13.1 Å². The molecule has 0 saturated carbocycles. The predicted molar refractivity (Wildman–Crippen MR) is 67.7 cm³/mol. The van der Waals surface area contributed by atoms with Crippen molar-refractivity contribution < 1.29 is 23.8 Å². The van der Waals surface area contributed by atoms with E-state index in [1.165, 1.54) is 11.8 Å². The van der Waals surface area contributed by atoms with Gasteiger partial charge >= 0.3 is 12.1 Å². The molecule has 1 fully saturated rings. The van der Waals surface area contributed by atoms with Gasteiger partial charge in [0.15, 0.2) is 0 Å². The van der Waals surface area contributed by atoms with Crippen LogP contribution in [0.5, 0.6) is 0 Å². The van der Waals surface area contributed by atoms with E-state index < -0.39 is 29.3 Å². The number of carbonyl (C=O) groups excluding carboxylic acids is 1. The van der Waals surface area contributed by atoms with Crippen molar-refractivity contribution in [3.05, 3.63) is 0 Å². The Morgan fingerprint density at radius 3 is 2.47 bits per heavy atom. The number of carboxylic acid groups (broad SMARTS) is 1. The quantitative estimate of drug-likeness (QED) is 0.859. The third kappa shape index (κ3) is 4.08. The molecule has 6 heteroatoms. The summed E-state index contributed by atoms with van der Waals surface area (Å²) >= 11 is 0. The molecule has 1 N–H and O–H groups in total. The maximum Gasteiger partial charge on any atom is 0.410 e. The lowest BCUT2D eigenvalue weighted by atomic mass is 9.79. The van der Waals surface area contributed by atoms with Gasteiger partial charge in [-0.05, 0) is 34.1 Å². The lowest BCUT2D eigenvalue weighted by Crippen LogP contribution is -2.40. The van der Waals surface area contributed by atoms with E-state index in [4.69, 9.17) is 9.84 Å². The smallest absolute Gasteiger partial charge is 0.410 e. The van der Waals surface area contributed by atoms with Crippen LogP contribution < -0.4 is 0 Å². The lowest BCUT2D eigenvalue weighted by Gasteiger charge is -2.30. The van der Waals surface area contributed by atoms with E-state index in [0.717, 1.165) is 0 Å². The summed E-state index contributed by atoms with van der Waals surface area (Å²) in [5, 5.41) is 8.90. The van der Waals surface area contributed by atoms with Crippen molar-refractivity contribution >= 4 is 12.1 Å². The molecule has 1 rings (SSSR count). The molecule has 5 nitrogen and oxygen atoms in total. The Labute approximate surface area is 112 Å². The summed E-state index contributed by atoms with van der Waals surface area (Å²) in [4.78, 5) is 24.2. The fourth-order valence-corrected chi connectivity index (χ4v) is 2.29. The Bertz CT molecular complexity index is 364. The molecule has 1 aliphatic rings. The number of aliphatic carboxylic acids is 1. The van der Waals surface area contributed by atoms with Gasteiger partial charge in [-0.1, -0.05) is 0 Å². The number of carbonyl (C=O) groups is 2. The second-order valence-electron chi connectivity index (χ2n) is 6.20. The Hall–Kier alpha value is -1.33.